The summed E-state index contributed by atoms with van der Waals surface area (Å²) < 4.78 is 54.1. The summed E-state index contributed by atoms with van der Waals surface area (Å²) in [6.45, 7) is 3.03. The van der Waals surface area contributed by atoms with E-state index in [0.29, 0.717) is 9.96 Å². The quantitative estimate of drug-likeness (QED) is 0.765. The van der Waals surface area contributed by atoms with Crippen LogP contribution in [0.3, 0.4) is 0 Å². The average molecular weight is 334 g/mol. The summed E-state index contributed by atoms with van der Waals surface area (Å²) in [5, 5.41) is 0. The van der Waals surface area contributed by atoms with Gasteiger partial charge in [0.2, 0.25) is 0 Å². The standard InChI is InChI=1S/C17H19FGeN/c1-11-5-6-13(14(18)7-11)16-8-12(9-17(2,3)4)15(19)10-20-16/h5-8,10H,9H2,1-4H3/i1D3,9D2. The van der Waals surface area contributed by atoms with Gasteiger partial charge in [0.25, 0.3) is 0 Å². The molecule has 2 aromatic rings. The summed E-state index contributed by atoms with van der Waals surface area (Å²) >= 11 is 1.77. The molecular formula is C17H19FGeN. The first-order valence-corrected chi connectivity index (χ1v) is 7.32. The van der Waals surface area contributed by atoms with Crippen LogP contribution >= 0.6 is 0 Å². The van der Waals surface area contributed by atoms with E-state index in [9.17, 15) is 4.39 Å². The van der Waals surface area contributed by atoms with Gasteiger partial charge in [-0.15, -0.1) is 0 Å². The molecule has 2 rings (SSSR count). The molecule has 0 spiro atoms. The number of hydrogen-bond acceptors (Lipinski definition) is 1. The fourth-order valence-corrected chi connectivity index (χ4v) is 2.25. The van der Waals surface area contributed by atoms with Crippen molar-refractivity contribution in [2.75, 3.05) is 0 Å². The van der Waals surface area contributed by atoms with Gasteiger partial charge in [-0.2, -0.15) is 0 Å². The van der Waals surface area contributed by atoms with Gasteiger partial charge >= 0.3 is 135 Å². The summed E-state index contributed by atoms with van der Waals surface area (Å²) in [7, 11) is 0. The molecule has 1 aromatic heterocycles. The monoisotopic (exact) mass is 335 g/mol. The van der Waals surface area contributed by atoms with E-state index in [1.165, 1.54) is 18.3 Å². The molecule has 1 nitrogen and oxygen atoms in total. The first-order valence-electron chi connectivity index (χ1n) is 8.77. The zero-order valence-corrected chi connectivity index (χ0v) is 13.8. The third kappa shape index (κ3) is 3.69. The number of aromatic nitrogens is 1. The first kappa shape index (κ1) is 9.72. The van der Waals surface area contributed by atoms with E-state index in [0.717, 1.165) is 6.07 Å². The zero-order valence-electron chi connectivity index (χ0n) is 16.7. The van der Waals surface area contributed by atoms with Crippen LogP contribution in [0.15, 0.2) is 30.5 Å². The molecule has 1 heterocycles. The van der Waals surface area contributed by atoms with Crippen LogP contribution in [0.5, 0.6) is 0 Å². The summed E-state index contributed by atoms with van der Waals surface area (Å²) in [5.41, 5.74) is 0.151. The van der Waals surface area contributed by atoms with Crippen LogP contribution < -0.4 is 4.40 Å². The molecule has 0 aliphatic rings. The summed E-state index contributed by atoms with van der Waals surface area (Å²) in [6, 6.07) is 5.27. The van der Waals surface area contributed by atoms with Crippen molar-refractivity contribution < 1.29 is 11.2 Å². The average Bonchev–Trinajstić information content (AvgIpc) is 2.45. The van der Waals surface area contributed by atoms with Gasteiger partial charge in [-0.3, -0.25) is 0 Å². The van der Waals surface area contributed by atoms with Crippen molar-refractivity contribution in [3.05, 3.63) is 47.4 Å². The minimum atomic E-state index is -2.38. The Kier molecular flexibility index (Phi) is 2.76. The van der Waals surface area contributed by atoms with Gasteiger partial charge in [-0.1, -0.05) is 0 Å². The molecule has 0 atom stereocenters. The summed E-state index contributed by atoms with van der Waals surface area (Å²) in [4.78, 5) is 4.21. The number of hydrogen-bond donors (Lipinski definition) is 0. The number of halogens is 1. The number of rotatable bonds is 2. The number of nitrogens with zero attached hydrogens (tertiary/aromatic N) is 1. The Labute approximate surface area is 135 Å². The Morgan fingerprint density at radius 2 is 2.10 bits per heavy atom. The van der Waals surface area contributed by atoms with Gasteiger partial charge in [0.05, 0.1) is 0 Å². The molecular weight excluding hydrogens is 310 g/mol. The van der Waals surface area contributed by atoms with E-state index in [-0.39, 0.29) is 16.8 Å². The minimum absolute atomic E-state index is 0.0777. The molecule has 0 bridgehead atoms. The van der Waals surface area contributed by atoms with E-state index in [1.54, 1.807) is 43.4 Å². The maximum absolute atomic E-state index is 14.4. The van der Waals surface area contributed by atoms with Crippen LogP contribution in [0.2, 0.25) is 0 Å². The predicted molar refractivity (Wildman–Crippen MR) is 82.9 cm³/mol. The van der Waals surface area contributed by atoms with Crippen molar-refractivity contribution in [3.8, 4) is 11.3 Å². The number of aryl methyl sites for hydroxylation is 1. The van der Waals surface area contributed by atoms with Crippen molar-refractivity contribution in [2.45, 2.75) is 34.0 Å². The Balaban J connectivity index is 2.58. The van der Waals surface area contributed by atoms with Crippen LogP contribution in [-0.4, -0.2) is 21.5 Å². The molecule has 103 valence electrons. The molecule has 0 saturated carbocycles. The van der Waals surface area contributed by atoms with E-state index in [1.807, 2.05) is 0 Å². The van der Waals surface area contributed by atoms with E-state index in [2.05, 4.69) is 4.98 Å². The van der Waals surface area contributed by atoms with Crippen molar-refractivity contribution in [3.63, 3.8) is 0 Å². The van der Waals surface area contributed by atoms with Gasteiger partial charge in [-0.25, -0.2) is 0 Å². The van der Waals surface area contributed by atoms with E-state index >= 15 is 0 Å². The summed E-state index contributed by atoms with van der Waals surface area (Å²) in [5.74, 6) is -0.688. The molecule has 0 N–H and O–H groups in total. The first-order chi connectivity index (χ1) is 11.2. The fourth-order valence-electron chi connectivity index (χ4n) is 1.83. The van der Waals surface area contributed by atoms with Crippen LogP contribution in [0.4, 0.5) is 4.39 Å². The van der Waals surface area contributed by atoms with Gasteiger partial charge in [0.15, 0.2) is 0 Å². The normalized spacial score (nSPS) is 16.8. The van der Waals surface area contributed by atoms with Crippen LogP contribution in [0, 0.1) is 18.1 Å². The molecule has 3 radical (unpaired) electrons. The molecule has 3 heteroatoms. The second-order valence-corrected chi connectivity index (χ2v) is 6.81. The topological polar surface area (TPSA) is 12.9 Å². The van der Waals surface area contributed by atoms with Gasteiger partial charge in [0.1, 0.15) is 0 Å². The molecule has 0 unspecified atom stereocenters. The Bertz CT molecular complexity index is 797. The van der Waals surface area contributed by atoms with Gasteiger partial charge in [-0.05, 0) is 0 Å². The van der Waals surface area contributed by atoms with Crippen molar-refractivity contribution >= 4 is 20.9 Å². The Morgan fingerprint density at radius 1 is 1.35 bits per heavy atom. The van der Waals surface area contributed by atoms with Crippen molar-refractivity contribution in [1.29, 1.82) is 0 Å². The van der Waals surface area contributed by atoms with Crippen LogP contribution in [0.1, 0.15) is 38.8 Å². The molecule has 0 saturated heterocycles. The second-order valence-electron chi connectivity index (χ2n) is 5.68. The molecule has 0 fully saturated rings. The molecule has 1 aromatic carbocycles. The van der Waals surface area contributed by atoms with E-state index < -0.39 is 24.5 Å². The second kappa shape index (κ2) is 5.68. The maximum atomic E-state index is 14.4. The predicted octanol–water partition coefficient (Wildman–Crippen LogP) is 3.58. The molecule has 0 aliphatic heterocycles. The van der Waals surface area contributed by atoms with Gasteiger partial charge in [0, 0.05) is 0 Å². The fraction of sp³-hybridized carbons (Fsp3) is 0.353. The third-order valence-corrected chi connectivity index (χ3v) is 3.49. The van der Waals surface area contributed by atoms with Crippen molar-refractivity contribution in [1.82, 2.24) is 4.98 Å². The molecule has 0 amide bonds. The zero-order chi connectivity index (χ0) is 19.2. The SMILES string of the molecule is [2H]C([2H])([2H])c1ccc(-c2cc(C([2H])([2H])C(C)(C)C)[c]([Ge])cn2)c(F)c1. The molecule has 0 aliphatic carbocycles. The van der Waals surface area contributed by atoms with Gasteiger partial charge < -0.3 is 0 Å². The van der Waals surface area contributed by atoms with Crippen molar-refractivity contribution in [2.24, 2.45) is 5.41 Å². The number of benzene rings is 1. The Hall–Kier alpha value is -1.16. The van der Waals surface area contributed by atoms with Crippen LogP contribution in [-0.2, 0) is 6.37 Å². The summed E-state index contributed by atoms with van der Waals surface area (Å²) in [6.07, 6.45) is -0.116. The number of pyridine rings is 1. The van der Waals surface area contributed by atoms with E-state index in [4.69, 9.17) is 6.85 Å². The molecule has 20 heavy (non-hydrogen) atoms. The third-order valence-electron chi connectivity index (χ3n) is 2.66. The van der Waals surface area contributed by atoms with Crippen LogP contribution in [0.25, 0.3) is 11.3 Å². The Morgan fingerprint density at radius 3 is 2.70 bits per heavy atom.